The smallest absolute Gasteiger partial charge is 0.276 e. The topological polar surface area (TPSA) is 119 Å². The standard InChI is InChI=1S/C25H29FN6O2/c1-15(2)34-17-5-6-19(26)18(12-17)21-8-7-20(28)24(30-21)25(33)31-22-13-29-10-9-23(22)32-11-3-4-16(27)14-32/h5-10,12-13,15-16H,3-4,11,14,27-28H2,1-2H3,(H,31,33)/t16-/m0/s1. The van der Waals surface area contributed by atoms with Crippen molar-refractivity contribution in [2.75, 3.05) is 29.0 Å². The maximum absolute atomic E-state index is 14.6. The van der Waals surface area contributed by atoms with Gasteiger partial charge in [0, 0.05) is 30.9 Å². The first-order valence-electron chi connectivity index (χ1n) is 11.3. The summed E-state index contributed by atoms with van der Waals surface area (Å²) in [4.78, 5) is 23.8. The van der Waals surface area contributed by atoms with Gasteiger partial charge in [-0.1, -0.05) is 0 Å². The third kappa shape index (κ3) is 5.26. The van der Waals surface area contributed by atoms with Crippen molar-refractivity contribution in [1.29, 1.82) is 0 Å². The Kier molecular flexibility index (Phi) is 6.93. The number of piperidine rings is 1. The molecular formula is C25H29FN6O2. The summed E-state index contributed by atoms with van der Waals surface area (Å²) in [5, 5.41) is 2.87. The van der Waals surface area contributed by atoms with Crippen molar-refractivity contribution < 1.29 is 13.9 Å². The Labute approximate surface area is 198 Å². The molecule has 0 bridgehead atoms. The number of aromatic nitrogens is 2. The van der Waals surface area contributed by atoms with Gasteiger partial charge in [-0.25, -0.2) is 9.37 Å². The van der Waals surface area contributed by atoms with Crippen molar-refractivity contribution >= 4 is 23.0 Å². The van der Waals surface area contributed by atoms with Crippen LogP contribution >= 0.6 is 0 Å². The predicted molar refractivity (Wildman–Crippen MR) is 131 cm³/mol. The molecular weight excluding hydrogens is 435 g/mol. The molecule has 3 aromatic rings. The Morgan fingerprint density at radius 2 is 2.09 bits per heavy atom. The monoisotopic (exact) mass is 464 g/mol. The van der Waals surface area contributed by atoms with Crippen LogP contribution in [0.3, 0.4) is 0 Å². The summed E-state index contributed by atoms with van der Waals surface area (Å²) < 4.78 is 20.3. The molecule has 178 valence electrons. The highest BCUT2D eigenvalue weighted by atomic mass is 19.1. The number of benzene rings is 1. The van der Waals surface area contributed by atoms with E-state index in [-0.39, 0.29) is 34.8 Å². The summed E-state index contributed by atoms with van der Waals surface area (Å²) >= 11 is 0. The van der Waals surface area contributed by atoms with Crippen LogP contribution in [-0.2, 0) is 0 Å². The van der Waals surface area contributed by atoms with E-state index in [2.05, 4.69) is 20.2 Å². The van der Waals surface area contributed by atoms with E-state index in [0.717, 1.165) is 25.1 Å². The maximum Gasteiger partial charge on any atom is 0.276 e. The van der Waals surface area contributed by atoms with Gasteiger partial charge in [-0.05, 0) is 63.1 Å². The number of rotatable bonds is 6. The van der Waals surface area contributed by atoms with Gasteiger partial charge in [0.2, 0.25) is 0 Å². The molecule has 2 aromatic heterocycles. The van der Waals surface area contributed by atoms with E-state index in [0.29, 0.717) is 18.0 Å². The Morgan fingerprint density at radius 1 is 1.26 bits per heavy atom. The summed E-state index contributed by atoms with van der Waals surface area (Å²) in [5.74, 6) is -0.476. The fourth-order valence-corrected chi connectivity index (χ4v) is 4.02. The lowest BCUT2D eigenvalue weighted by Crippen LogP contribution is -2.43. The molecule has 0 radical (unpaired) electrons. The number of carbonyl (C=O) groups is 1. The molecule has 1 saturated heterocycles. The third-order valence-corrected chi connectivity index (χ3v) is 5.57. The van der Waals surface area contributed by atoms with Gasteiger partial charge in [0.05, 0.1) is 35.1 Å². The third-order valence-electron chi connectivity index (χ3n) is 5.57. The normalized spacial score (nSPS) is 15.9. The zero-order chi connectivity index (χ0) is 24.2. The first-order valence-corrected chi connectivity index (χ1v) is 11.3. The molecule has 4 rings (SSSR count). The molecule has 1 aliphatic heterocycles. The number of halogens is 1. The summed E-state index contributed by atoms with van der Waals surface area (Å²) in [6, 6.07) is 9.47. The Bertz CT molecular complexity index is 1190. The number of nitrogen functional groups attached to an aromatic ring is 1. The lowest BCUT2D eigenvalue weighted by molar-refractivity contribution is 0.102. The summed E-state index contributed by atoms with van der Waals surface area (Å²) in [6.45, 7) is 5.30. The zero-order valence-corrected chi connectivity index (χ0v) is 19.3. The Hall–Kier alpha value is -3.72. The lowest BCUT2D eigenvalue weighted by Gasteiger charge is -2.33. The summed E-state index contributed by atoms with van der Waals surface area (Å²) in [5.41, 5.74) is 14.2. The first-order chi connectivity index (χ1) is 16.3. The van der Waals surface area contributed by atoms with Crippen molar-refractivity contribution in [3.63, 3.8) is 0 Å². The zero-order valence-electron chi connectivity index (χ0n) is 19.3. The molecule has 1 amide bonds. The maximum atomic E-state index is 14.6. The first kappa shape index (κ1) is 23.4. The second-order valence-electron chi connectivity index (χ2n) is 8.64. The number of nitrogens with zero attached hydrogens (tertiary/aromatic N) is 3. The number of hydrogen-bond donors (Lipinski definition) is 3. The van der Waals surface area contributed by atoms with Crippen LogP contribution < -0.4 is 26.4 Å². The molecule has 34 heavy (non-hydrogen) atoms. The summed E-state index contributed by atoms with van der Waals surface area (Å²) in [7, 11) is 0. The lowest BCUT2D eigenvalue weighted by atomic mass is 10.1. The molecule has 3 heterocycles. The van der Waals surface area contributed by atoms with Gasteiger partial charge in [-0.3, -0.25) is 9.78 Å². The highest BCUT2D eigenvalue weighted by Gasteiger charge is 2.22. The molecule has 9 heteroatoms. The largest absolute Gasteiger partial charge is 0.491 e. The molecule has 1 atom stereocenters. The number of ether oxygens (including phenoxy) is 1. The number of nitrogens with two attached hydrogens (primary N) is 2. The Balaban J connectivity index is 1.62. The SMILES string of the molecule is CC(C)Oc1ccc(F)c(-c2ccc(N)c(C(=O)Nc3cnccc3N3CCC[C@H](N)C3)n2)c1. The molecule has 1 aromatic carbocycles. The van der Waals surface area contributed by atoms with Crippen molar-refractivity contribution in [3.8, 4) is 17.0 Å². The summed E-state index contributed by atoms with van der Waals surface area (Å²) in [6.07, 6.45) is 5.13. The Morgan fingerprint density at radius 3 is 2.85 bits per heavy atom. The van der Waals surface area contributed by atoms with Crippen LogP contribution in [0.25, 0.3) is 11.3 Å². The van der Waals surface area contributed by atoms with Gasteiger partial charge in [-0.2, -0.15) is 0 Å². The van der Waals surface area contributed by atoms with E-state index in [1.165, 1.54) is 6.07 Å². The number of carbonyl (C=O) groups excluding carboxylic acids is 1. The van der Waals surface area contributed by atoms with E-state index < -0.39 is 11.7 Å². The minimum Gasteiger partial charge on any atom is -0.491 e. The van der Waals surface area contributed by atoms with E-state index in [1.54, 1.807) is 36.7 Å². The molecule has 0 aliphatic carbocycles. The molecule has 8 nitrogen and oxygen atoms in total. The van der Waals surface area contributed by atoms with Gasteiger partial charge < -0.3 is 26.4 Å². The van der Waals surface area contributed by atoms with Crippen molar-refractivity contribution in [2.24, 2.45) is 5.73 Å². The van der Waals surface area contributed by atoms with E-state index in [1.807, 2.05) is 19.9 Å². The molecule has 0 saturated carbocycles. The fourth-order valence-electron chi connectivity index (χ4n) is 4.02. The highest BCUT2D eigenvalue weighted by molar-refractivity contribution is 6.07. The number of nitrogens with one attached hydrogen (secondary N) is 1. The molecule has 0 unspecified atom stereocenters. The van der Waals surface area contributed by atoms with Crippen molar-refractivity contribution in [2.45, 2.75) is 38.8 Å². The average Bonchev–Trinajstić information content (AvgIpc) is 2.81. The van der Waals surface area contributed by atoms with Crippen LogP contribution in [0.15, 0.2) is 48.8 Å². The highest BCUT2D eigenvalue weighted by Crippen LogP contribution is 2.30. The fraction of sp³-hybridized carbons (Fsp3) is 0.320. The molecule has 0 spiro atoms. The minimum atomic E-state index is -0.509. The van der Waals surface area contributed by atoms with Crippen LogP contribution in [0.2, 0.25) is 0 Å². The van der Waals surface area contributed by atoms with Gasteiger partial charge in [0.15, 0.2) is 5.69 Å². The van der Waals surface area contributed by atoms with Gasteiger partial charge in [-0.15, -0.1) is 0 Å². The van der Waals surface area contributed by atoms with Crippen LogP contribution in [0.4, 0.5) is 21.5 Å². The minimum absolute atomic E-state index is 0.00257. The number of anilines is 3. The number of amides is 1. The second kappa shape index (κ2) is 10.0. The number of pyridine rings is 2. The van der Waals surface area contributed by atoms with Gasteiger partial charge in [0.1, 0.15) is 11.6 Å². The van der Waals surface area contributed by atoms with E-state index in [4.69, 9.17) is 16.2 Å². The van der Waals surface area contributed by atoms with Crippen molar-refractivity contribution in [1.82, 2.24) is 9.97 Å². The second-order valence-corrected chi connectivity index (χ2v) is 8.64. The van der Waals surface area contributed by atoms with Gasteiger partial charge in [0.25, 0.3) is 5.91 Å². The quantitative estimate of drug-likeness (QED) is 0.507. The van der Waals surface area contributed by atoms with E-state index >= 15 is 0 Å². The predicted octanol–water partition coefficient (Wildman–Crippen LogP) is 3.83. The van der Waals surface area contributed by atoms with Gasteiger partial charge >= 0.3 is 0 Å². The van der Waals surface area contributed by atoms with Crippen molar-refractivity contribution in [3.05, 3.63) is 60.3 Å². The van der Waals surface area contributed by atoms with Crippen LogP contribution in [0.1, 0.15) is 37.2 Å². The number of hydrogen-bond acceptors (Lipinski definition) is 7. The average molecular weight is 465 g/mol. The van der Waals surface area contributed by atoms with Crippen LogP contribution in [0, 0.1) is 5.82 Å². The molecule has 1 aliphatic rings. The van der Waals surface area contributed by atoms with Crippen LogP contribution in [0.5, 0.6) is 5.75 Å². The van der Waals surface area contributed by atoms with Crippen LogP contribution in [-0.4, -0.2) is 41.1 Å². The molecule has 1 fully saturated rings. The molecule has 5 N–H and O–H groups in total. The van der Waals surface area contributed by atoms with E-state index in [9.17, 15) is 9.18 Å².